The predicted molar refractivity (Wildman–Crippen MR) is 73.1 cm³/mol. The molecule has 0 aliphatic heterocycles. The molecule has 2 N–H and O–H groups in total. The molecule has 2 unspecified atom stereocenters. The van der Waals surface area contributed by atoms with Crippen LogP contribution in [0.5, 0.6) is 0 Å². The van der Waals surface area contributed by atoms with Crippen molar-refractivity contribution in [2.75, 3.05) is 0 Å². The van der Waals surface area contributed by atoms with Gasteiger partial charge in [-0.1, -0.05) is 25.8 Å². The molecule has 0 aliphatic rings. The van der Waals surface area contributed by atoms with Gasteiger partial charge in [0.05, 0.1) is 12.1 Å². The molecule has 0 fully saturated rings. The number of aliphatic hydroxyl groups excluding tert-OH is 1. The van der Waals surface area contributed by atoms with Crippen molar-refractivity contribution >= 4 is 5.91 Å². The molecule has 1 rings (SSSR count). The van der Waals surface area contributed by atoms with Crippen LogP contribution >= 0.6 is 0 Å². The van der Waals surface area contributed by atoms with Gasteiger partial charge in [0, 0.05) is 6.42 Å². The van der Waals surface area contributed by atoms with Crippen molar-refractivity contribution in [2.45, 2.75) is 51.7 Å². The van der Waals surface area contributed by atoms with Gasteiger partial charge in [0.15, 0.2) is 11.6 Å². The third-order valence-corrected chi connectivity index (χ3v) is 3.15. The topological polar surface area (TPSA) is 49.3 Å². The molecule has 5 heteroatoms. The van der Waals surface area contributed by atoms with Gasteiger partial charge in [0.1, 0.15) is 0 Å². The third-order valence-electron chi connectivity index (χ3n) is 3.15. The van der Waals surface area contributed by atoms with Crippen LogP contribution in [-0.4, -0.2) is 17.1 Å². The van der Waals surface area contributed by atoms with Gasteiger partial charge in [0.2, 0.25) is 5.91 Å². The Hall–Kier alpha value is -1.49. The molecule has 0 bridgehead atoms. The minimum Gasteiger partial charge on any atom is -0.386 e. The molecule has 20 heavy (non-hydrogen) atoms. The minimum atomic E-state index is -1.07. The van der Waals surface area contributed by atoms with Gasteiger partial charge in [0.25, 0.3) is 0 Å². The summed E-state index contributed by atoms with van der Waals surface area (Å²) in [6.07, 6.45) is 2.15. The fourth-order valence-electron chi connectivity index (χ4n) is 1.93. The second-order valence-corrected chi connectivity index (χ2v) is 4.93. The molecule has 0 saturated carbocycles. The lowest BCUT2D eigenvalue weighted by atomic mass is 10.0. The highest BCUT2D eigenvalue weighted by molar-refractivity contribution is 5.76. The van der Waals surface area contributed by atoms with E-state index < -0.39 is 23.8 Å². The zero-order valence-corrected chi connectivity index (χ0v) is 11.8. The van der Waals surface area contributed by atoms with Crippen LogP contribution in [0, 0.1) is 11.6 Å². The lowest BCUT2D eigenvalue weighted by Crippen LogP contribution is -2.37. The van der Waals surface area contributed by atoms with Crippen molar-refractivity contribution in [3.05, 3.63) is 35.4 Å². The predicted octanol–water partition coefficient (Wildman–Crippen LogP) is 3.08. The van der Waals surface area contributed by atoms with Crippen LogP contribution in [-0.2, 0) is 4.79 Å². The zero-order valence-electron chi connectivity index (χ0n) is 11.8. The van der Waals surface area contributed by atoms with Crippen LogP contribution in [0.3, 0.4) is 0 Å². The van der Waals surface area contributed by atoms with Gasteiger partial charge in [-0.3, -0.25) is 4.79 Å². The number of aliphatic hydroxyl groups is 1. The molecular formula is C15H21F2NO2. The molecular weight excluding hydrogens is 264 g/mol. The van der Waals surface area contributed by atoms with E-state index in [4.69, 9.17) is 0 Å². The molecule has 0 heterocycles. The minimum absolute atomic E-state index is 0.146. The van der Waals surface area contributed by atoms with Gasteiger partial charge in [-0.05, 0) is 31.0 Å². The second-order valence-electron chi connectivity index (χ2n) is 4.93. The van der Waals surface area contributed by atoms with Crippen LogP contribution < -0.4 is 5.32 Å². The molecule has 1 amide bonds. The summed E-state index contributed by atoms with van der Waals surface area (Å²) < 4.78 is 25.9. The van der Waals surface area contributed by atoms with Gasteiger partial charge >= 0.3 is 0 Å². The summed E-state index contributed by atoms with van der Waals surface area (Å²) in [7, 11) is 0. The molecule has 0 saturated heterocycles. The number of carbonyl (C=O) groups excluding carboxylic acids is 1. The molecule has 112 valence electrons. The lowest BCUT2D eigenvalue weighted by molar-refractivity contribution is -0.122. The Morgan fingerprint density at radius 1 is 1.30 bits per heavy atom. The average molecular weight is 285 g/mol. The summed E-state index contributed by atoms with van der Waals surface area (Å²) >= 11 is 0. The first-order valence-corrected chi connectivity index (χ1v) is 6.88. The van der Waals surface area contributed by atoms with Crippen LogP contribution in [0.15, 0.2) is 18.2 Å². The molecule has 0 aromatic heterocycles. The normalized spacial score (nSPS) is 13.8. The first-order valence-electron chi connectivity index (χ1n) is 6.88. The van der Waals surface area contributed by atoms with E-state index in [9.17, 15) is 18.7 Å². The van der Waals surface area contributed by atoms with Crippen LogP contribution in [0.1, 0.15) is 51.2 Å². The monoisotopic (exact) mass is 285 g/mol. The number of nitrogens with one attached hydrogen (secondary N) is 1. The summed E-state index contributed by atoms with van der Waals surface area (Å²) in [5, 5.41) is 12.7. The summed E-state index contributed by atoms with van der Waals surface area (Å²) in [5.74, 6) is -2.12. The van der Waals surface area contributed by atoms with Gasteiger partial charge in [-0.2, -0.15) is 0 Å². The Balaban J connectivity index is 2.55. The number of benzene rings is 1. The number of rotatable bonds is 7. The lowest BCUT2D eigenvalue weighted by Gasteiger charge is -2.20. The number of amides is 1. The summed E-state index contributed by atoms with van der Waals surface area (Å²) in [6.45, 7) is 3.68. The SMILES string of the molecule is CCCCCC(=O)NC(C)C(O)c1ccc(F)c(F)c1. The van der Waals surface area contributed by atoms with Gasteiger partial charge in [-0.15, -0.1) is 0 Å². The highest BCUT2D eigenvalue weighted by atomic mass is 19.2. The van der Waals surface area contributed by atoms with E-state index in [-0.39, 0.29) is 11.5 Å². The maximum absolute atomic E-state index is 13.1. The van der Waals surface area contributed by atoms with Crippen molar-refractivity contribution in [1.29, 1.82) is 0 Å². The standard InChI is InChI=1S/C15H21F2NO2/c1-3-4-5-6-14(19)18-10(2)15(20)11-7-8-12(16)13(17)9-11/h7-10,15,20H,3-6H2,1-2H3,(H,18,19). The second kappa shape index (κ2) is 7.94. The van der Waals surface area contributed by atoms with Gasteiger partial charge in [-0.25, -0.2) is 8.78 Å². The van der Waals surface area contributed by atoms with Gasteiger partial charge < -0.3 is 10.4 Å². The van der Waals surface area contributed by atoms with E-state index in [1.807, 2.05) is 6.92 Å². The third kappa shape index (κ3) is 4.89. The van der Waals surface area contributed by atoms with E-state index in [1.165, 1.54) is 6.07 Å². The summed E-state index contributed by atoms with van der Waals surface area (Å²) in [6, 6.07) is 2.65. The number of halogens is 2. The van der Waals surface area contributed by atoms with Crippen LogP contribution in [0.25, 0.3) is 0 Å². The van der Waals surface area contributed by atoms with Crippen molar-refractivity contribution in [3.8, 4) is 0 Å². The Morgan fingerprint density at radius 2 is 2.00 bits per heavy atom. The van der Waals surface area contributed by atoms with E-state index in [2.05, 4.69) is 5.32 Å². The maximum atomic E-state index is 13.1. The average Bonchev–Trinajstić information content (AvgIpc) is 2.41. The highest BCUT2D eigenvalue weighted by Gasteiger charge is 2.19. The quantitative estimate of drug-likeness (QED) is 0.756. The van der Waals surface area contributed by atoms with Crippen LogP contribution in [0.4, 0.5) is 8.78 Å². The fourth-order valence-corrected chi connectivity index (χ4v) is 1.93. The van der Waals surface area contributed by atoms with E-state index in [0.29, 0.717) is 6.42 Å². The Bertz CT molecular complexity index is 451. The van der Waals surface area contributed by atoms with Crippen molar-refractivity contribution in [3.63, 3.8) is 0 Å². The Labute approximate surface area is 118 Å². The van der Waals surface area contributed by atoms with Crippen molar-refractivity contribution in [2.24, 2.45) is 0 Å². The van der Waals surface area contributed by atoms with Crippen molar-refractivity contribution in [1.82, 2.24) is 5.32 Å². The van der Waals surface area contributed by atoms with E-state index in [0.717, 1.165) is 31.4 Å². The highest BCUT2D eigenvalue weighted by Crippen LogP contribution is 2.19. The molecule has 1 aromatic carbocycles. The van der Waals surface area contributed by atoms with E-state index >= 15 is 0 Å². The number of carbonyl (C=O) groups is 1. The number of hydrogen-bond donors (Lipinski definition) is 2. The number of hydrogen-bond acceptors (Lipinski definition) is 2. The van der Waals surface area contributed by atoms with Crippen LogP contribution in [0.2, 0.25) is 0 Å². The fraction of sp³-hybridized carbons (Fsp3) is 0.533. The molecule has 3 nitrogen and oxygen atoms in total. The molecule has 2 atom stereocenters. The van der Waals surface area contributed by atoms with Crippen molar-refractivity contribution < 1.29 is 18.7 Å². The molecule has 0 radical (unpaired) electrons. The summed E-state index contributed by atoms with van der Waals surface area (Å²) in [5.41, 5.74) is 0.241. The summed E-state index contributed by atoms with van der Waals surface area (Å²) in [4.78, 5) is 11.6. The maximum Gasteiger partial charge on any atom is 0.220 e. The zero-order chi connectivity index (χ0) is 15.1. The smallest absolute Gasteiger partial charge is 0.220 e. The first kappa shape index (κ1) is 16.6. The molecule has 1 aromatic rings. The molecule has 0 spiro atoms. The molecule has 0 aliphatic carbocycles. The number of unbranched alkanes of at least 4 members (excludes halogenated alkanes) is 2. The first-order chi connectivity index (χ1) is 9.45. The Morgan fingerprint density at radius 3 is 2.60 bits per heavy atom. The van der Waals surface area contributed by atoms with E-state index in [1.54, 1.807) is 6.92 Å². The Kier molecular flexibility index (Phi) is 6.58. The largest absolute Gasteiger partial charge is 0.386 e.